The maximum absolute atomic E-state index is 11.8. The number of rotatable bonds is 6. The molecule has 8 heteroatoms. The van der Waals surface area contributed by atoms with Gasteiger partial charge in [0.05, 0.1) is 12.6 Å². The molecule has 2 rings (SSSR count). The molecule has 0 aliphatic rings. The van der Waals surface area contributed by atoms with Gasteiger partial charge in [0.15, 0.2) is 0 Å². The number of amides is 2. The molecule has 0 aliphatic heterocycles. The largest absolute Gasteiger partial charge is 0.497 e. The van der Waals surface area contributed by atoms with Crippen LogP contribution in [0.3, 0.4) is 0 Å². The minimum absolute atomic E-state index is 0.290. The topological polar surface area (TPSA) is 106 Å². The van der Waals surface area contributed by atoms with Crippen molar-refractivity contribution in [2.24, 2.45) is 5.84 Å². The second-order valence-electron chi connectivity index (χ2n) is 5.22. The number of aryl methyl sites for hydroxylation is 1. The van der Waals surface area contributed by atoms with Crippen molar-refractivity contribution >= 4 is 34.5 Å². The second-order valence-corrected chi connectivity index (χ2v) is 6.28. The molecule has 128 valence electrons. The number of hydrazine groups is 1. The SMILES string of the molecule is COc1ccc2nc(C)cc(SCC(NC(C)=O)C(=O)NN)c2c1. The molecule has 0 radical (unpaired) electrons. The fourth-order valence-corrected chi connectivity index (χ4v) is 3.40. The number of carbonyl (C=O) groups is 2. The van der Waals surface area contributed by atoms with Gasteiger partial charge in [-0.3, -0.25) is 20.0 Å². The Bertz CT molecular complexity index is 766. The monoisotopic (exact) mass is 348 g/mol. The number of nitrogens with two attached hydrogens (primary N) is 1. The number of carbonyl (C=O) groups excluding carboxylic acids is 2. The highest BCUT2D eigenvalue weighted by atomic mass is 32.2. The number of benzene rings is 1. The maximum atomic E-state index is 11.8. The Morgan fingerprint density at radius 1 is 1.38 bits per heavy atom. The van der Waals surface area contributed by atoms with E-state index in [2.05, 4.69) is 15.7 Å². The zero-order valence-corrected chi connectivity index (χ0v) is 14.6. The molecule has 1 heterocycles. The fourth-order valence-electron chi connectivity index (χ4n) is 2.25. The lowest BCUT2D eigenvalue weighted by molar-refractivity contribution is -0.127. The van der Waals surface area contributed by atoms with Gasteiger partial charge in [-0.25, -0.2) is 5.84 Å². The van der Waals surface area contributed by atoms with E-state index in [1.54, 1.807) is 7.11 Å². The van der Waals surface area contributed by atoms with Crippen LogP contribution in [0, 0.1) is 6.92 Å². The molecular formula is C16H20N4O3S. The third kappa shape index (κ3) is 4.36. The van der Waals surface area contributed by atoms with Crippen LogP contribution < -0.4 is 21.3 Å². The van der Waals surface area contributed by atoms with Gasteiger partial charge in [0, 0.05) is 28.7 Å². The van der Waals surface area contributed by atoms with Crippen LogP contribution in [-0.4, -0.2) is 35.7 Å². The molecule has 0 spiro atoms. The Labute approximate surface area is 144 Å². The molecule has 0 saturated heterocycles. The predicted molar refractivity (Wildman–Crippen MR) is 93.7 cm³/mol. The molecule has 1 unspecified atom stereocenters. The van der Waals surface area contributed by atoms with Gasteiger partial charge < -0.3 is 10.1 Å². The summed E-state index contributed by atoms with van der Waals surface area (Å²) in [5.74, 6) is 5.53. The number of nitrogens with one attached hydrogen (secondary N) is 2. The van der Waals surface area contributed by atoms with Crippen molar-refractivity contribution in [3.8, 4) is 5.75 Å². The third-order valence-electron chi connectivity index (χ3n) is 3.35. The van der Waals surface area contributed by atoms with E-state index in [1.165, 1.54) is 18.7 Å². The van der Waals surface area contributed by atoms with Crippen LogP contribution in [0.4, 0.5) is 0 Å². The summed E-state index contributed by atoms with van der Waals surface area (Å²) in [6.45, 7) is 3.27. The van der Waals surface area contributed by atoms with Crippen molar-refractivity contribution in [2.45, 2.75) is 24.8 Å². The van der Waals surface area contributed by atoms with Gasteiger partial charge >= 0.3 is 0 Å². The van der Waals surface area contributed by atoms with E-state index >= 15 is 0 Å². The molecule has 0 aliphatic carbocycles. The van der Waals surface area contributed by atoms with Gasteiger partial charge in [-0.05, 0) is 31.2 Å². The summed E-state index contributed by atoms with van der Waals surface area (Å²) in [4.78, 5) is 28.5. The number of fused-ring (bicyclic) bond motifs is 1. The van der Waals surface area contributed by atoms with Gasteiger partial charge in [0.2, 0.25) is 5.91 Å². The summed E-state index contributed by atoms with van der Waals surface area (Å²) in [5.41, 5.74) is 3.79. The van der Waals surface area contributed by atoms with E-state index in [0.29, 0.717) is 5.75 Å². The number of hydrogen-bond acceptors (Lipinski definition) is 6. The Hall–Kier alpha value is -2.32. The molecule has 2 aromatic rings. The molecule has 24 heavy (non-hydrogen) atoms. The molecule has 0 bridgehead atoms. The van der Waals surface area contributed by atoms with Crippen molar-refractivity contribution in [3.05, 3.63) is 30.0 Å². The lowest BCUT2D eigenvalue weighted by atomic mass is 10.2. The van der Waals surface area contributed by atoms with Crippen molar-refractivity contribution in [3.63, 3.8) is 0 Å². The Morgan fingerprint density at radius 2 is 2.12 bits per heavy atom. The number of aromatic nitrogens is 1. The number of hydrogen-bond donors (Lipinski definition) is 3. The predicted octanol–water partition coefficient (Wildman–Crippen LogP) is 1.14. The average molecular weight is 348 g/mol. The number of nitrogens with zero attached hydrogens (tertiary/aromatic N) is 1. The highest BCUT2D eigenvalue weighted by Crippen LogP contribution is 2.31. The van der Waals surface area contributed by atoms with Crippen molar-refractivity contribution in [1.82, 2.24) is 15.7 Å². The van der Waals surface area contributed by atoms with E-state index in [0.717, 1.165) is 27.2 Å². The molecule has 1 aromatic heterocycles. The van der Waals surface area contributed by atoms with Crippen LogP contribution >= 0.6 is 11.8 Å². The molecular weight excluding hydrogens is 328 g/mol. The van der Waals surface area contributed by atoms with Gasteiger partial charge in [0.25, 0.3) is 5.91 Å². The van der Waals surface area contributed by atoms with Crippen LogP contribution in [0.25, 0.3) is 10.9 Å². The van der Waals surface area contributed by atoms with Gasteiger partial charge in [-0.1, -0.05) is 0 Å². The quantitative estimate of drug-likeness (QED) is 0.313. The summed E-state index contributed by atoms with van der Waals surface area (Å²) in [5, 5.41) is 3.52. The zero-order valence-electron chi connectivity index (χ0n) is 13.8. The Balaban J connectivity index is 2.30. The first-order valence-corrected chi connectivity index (χ1v) is 8.29. The summed E-state index contributed by atoms with van der Waals surface area (Å²) in [6.07, 6.45) is 0. The fraction of sp³-hybridized carbons (Fsp3) is 0.312. The number of ether oxygens (including phenoxy) is 1. The molecule has 0 fully saturated rings. The van der Waals surface area contributed by atoms with Crippen molar-refractivity contribution in [2.75, 3.05) is 12.9 Å². The molecule has 0 saturated carbocycles. The Kier molecular flexibility index (Phi) is 5.99. The Morgan fingerprint density at radius 3 is 2.75 bits per heavy atom. The molecule has 7 nitrogen and oxygen atoms in total. The van der Waals surface area contributed by atoms with Gasteiger partial charge in [-0.15, -0.1) is 11.8 Å². The van der Waals surface area contributed by atoms with Gasteiger partial charge in [-0.2, -0.15) is 0 Å². The summed E-state index contributed by atoms with van der Waals surface area (Å²) >= 11 is 1.45. The summed E-state index contributed by atoms with van der Waals surface area (Å²) in [7, 11) is 1.61. The summed E-state index contributed by atoms with van der Waals surface area (Å²) < 4.78 is 5.27. The number of thioether (sulfide) groups is 1. The first-order valence-electron chi connectivity index (χ1n) is 7.30. The van der Waals surface area contributed by atoms with Gasteiger partial charge in [0.1, 0.15) is 11.8 Å². The lowest BCUT2D eigenvalue weighted by Gasteiger charge is -2.16. The zero-order chi connectivity index (χ0) is 17.7. The van der Waals surface area contributed by atoms with E-state index < -0.39 is 11.9 Å². The van der Waals surface area contributed by atoms with E-state index in [1.807, 2.05) is 31.2 Å². The lowest BCUT2D eigenvalue weighted by Crippen LogP contribution is -2.49. The smallest absolute Gasteiger partial charge is 0.257 e. The number of pyridine rings is 1. The maximum Gasteiger partial charge on any atom is 0.257 e. The normalized spacial score (nSPS) is 11.8. The minimum Gasteiger partial charge on any atom is -0.497 e. The van der Waals surface area contributed by atoms with Crippen molar-refractivity contribution in [1.29, 1.82) is 0 Å². The van der Waals surface area contributed by atoms with Crippen LogP contribution in [0.2, 0.25) is 0 Å². The van der Waals surface area contributed by atoms with Crippen LogP contribution in [0.1, 0.15) is 12.6 Å². The molecule has 2 amide bonds. The van der Waals surface area contributed by atoms with E-state index in [9.17, 15) is 9.59 Å². The highest BCUT2D eigenvalue weighted by Gasteiger charge is 2.19. The molecule has 4 N–H and O–H groups in total. The van der Waals surface area contributed by atoms with E-state index in [-0.39, 0.29) is 5.91 Å². The average Bonchev–Trinajstić information content (AvgIpc) is 2.56. The first kappa shape index (κ1) is 18.0. The number of methoxy groups -OCH3 is 1. The molecule has 1 aromatic carbocycles. The van der Waals surface area contributed by atoms with Crippen LogP contribution in [0.5, 0.6) is 5.75 Å². The minimum atomic E-state index is -0.716. The van der Waals surface area contributed by atoms with Crippen LogP contribution in [-0.2, 0) is 9.59 Å². The van der Waals surface area contributed by atoms with Crippen LogP contribution in [0.15, 0.2) is 29.2 Å². The van der Waals surface area contributed by atoms with Crippen molar-refractivity contribution < 1.29 is 14.3 Å². The second kappa shape index (κ2) is 7.98. The highest BCUT2D eigenvalue weighted by molar-refractivity contribution is 7.99. The third-order valence-corrected chi connectivity index (χ3v) is 4.50. The molecule has 1 atom stereocenters. The summed E-state index contributed by atoms with van der Waals surface area (Å²) in [6, 6.07) is 6.87. The first-order chi connectivity index (χ1) is 11.4. The standard InChI is InChI=1S/C16H20N4O3S/c1-9-6-15(12-7-11(23-3)4-5-13(12)18-9)24-8-14(16(22)20-17)19-10(2)21/h4-7,14H,8,17H2,1-3H3,(H,19,21)(H,20,22). The van der Waals surface area contributed by atoms with E-state index in [4.69, 9.17) is 10.6 Å².